The first-order valence-electron chi connectivity index (χ1n) is 9.93. The van der Waals surface area contributed by atoms with Crippen LogP contribution in [0.15, 0.2) is 36.7 Å². The molecule has 1 saturated heterocycles. The van der Waals surface area contributed by atoms with Crippen LogP contribution >= 0.6 is 0 Å². The van der Waals surface area contributed by atoms with Gasteiger partial charge in [0.05, 0.1) is 23.7 Å². The number of pyridine rings is 2. The lowest BCUT2D eigenvalue weighted by Crippen LogP contribution is -2.70. The van der Waals surface area contributed by atoms with Crippen molar-refractivity contribution >= 4 is 29.7 Å². The van der Waals surface area contributed by atoms with Gasteiger partial charge in [-0.2, -0.15) is 0 Å². The minimum Gasteiger partial charge on any atom is -0.353 e. The first kappa shape index (κ1) is 16.7. The Labute approximate surface area is 161 Å². The van der Waals surface area contributed by atoms with Crippen LogP contribution in [-0.2, 0) is 0 Å². The van der Waals surface area contributed by atoms with Crippen LogP contribution in [0, 0.1) is 0 Å². The number of fused-ring (bicyclic) bond motifs is 2. The van der Waals surface area contributed by atoms with Crippen LogP contribution in [0.2, 0.25) is 6.82 Å². The van der Waals surface area contributed by atoms with Gasteiger partial charge in [0.15, 0.2) is 18.3 Å². The van der Waals surface area contributed by atoms with E-state index in [1.165, 1.54) is 17.8 Å². The Morgan fingerprint density at radius 2 is 1.30 bits per heavy atom. The minimum absolute atomic E-state index is 0.343. The molecule has 2 aromatic heterocycles. The molecule has 0 aliphatic carbocycles. The van der Waals surface area contributed by atoms with E-state index in [9.17, 15) is 0 Å². The molecule has 0 spiro atoms. The fourth-order valence-corrected chi connectivity index (χ4v) is 5.24. The van der Waals surface area contributed by atoms with Gasteiger partial charge in [-0.05, 0) is 44.5 Å². The fourth-order valence-electron chi connectivity index (χ4n) is 5.24. The molecule has 3 aliphatic rings. The van der Waals surface area contributed by atoms with Crippen molar-refractivity contribution in [3.8, 4) is 0 Å². The Balaban J connectivity index is 1.42. The third-order valence-corrected chi connectivity index (χ3v) is 7.09. The van der Waals surface area contributed by atoms with Gasteiger partial charge in [-0.3, -0.25) is 0 Å². The highest BCUT2D eigenvalue weighted by Crippen LogP contribution is 2.46. The highest BCUT2D eigenvalue weighted by molar-refractivity contribution is 6.65. The number of hydrogen-bond donors (Lipinski definition) is 0. The molecule has 0 aromatic carbocycles. The summed E-state index contributed by atoms with van der Waals surface area (Å²) in [7, 11) is 4.30. The zero-order valence-electron chi connectivity index (χ0n) is 16.7. The van der Waals surface area contributed by atoms with Crippen LogP contribution < -0.4 is 19.6 Å². The summed E-state index contributed by atoms with van der Waals surface area (Å²) in [5.74, 6) is 3.28. The molecule has 0 amide bonds. The van der Waals surface area contributed by atoms with Crippen molar-refractivity contribution in [2.45, 2.75) is 51.3 Å². The second-order valence-electron chi connectivity index (χ2n) is 8.22. The Kier molecular flexibility index (Phi) is 3.58. The first-order valence-corrected chi connectivity index (χ1v) is 9.93. The predicted molar refractivity (Wildman–Crippen MR) is 113 cm³/mol. The van der Waals surface area contributed by atoms with Gasteiger partial charge in [0.25, 0.3) is 0 Å². The maximum absolute atomic E-state index is 4.61. The highest BCUT2D eigenvalue weighted by Gasteiger charge is 2.53. The summed E-state index contributed by atoms with van der Waals surface area (Å²) in [6.07, 6.45) is 5.64. The number of nitrogens with zero attached hydrogens (tertiary/aromatic N) is 6. The topological polar surface area (TPSA) is 38.7 Å². The van der Waals surface area contributed by atoms with Gasteiger partial charge < -0.3 is 19.6 Å². The number of rotatable bonds is 2. The average Bonchev–Trinajstić information content (AvgIpc) is 3.08. The van der Waals surface area contributed by atoms with E-state index in [1.54, 1.807) is 0 Å². The van der Waals surface area contributed by atoms with E-state index in [-0.39, 0.29) is 0 Å². The largest absolute Gasteiger partial charge is 0.353 e. The molecular formula is C20H27BN6. The van der Waals surface area contributed by atoms with Gasteiger partial charge >= 0.3 is 0 Å². The van der Waals surface area contributed by atoms with Gasteiger partial charge in [0, 0.05) is 38.4 Å². The van der Waals surface area contributed by atoms with Crippen molar-refractivity contribution in [2.75, 3.05) is 33.7 Å². The summed E-state index contributed by atoms with van der Waals surface area (Å²) in [5.41, 5.74) is 2.55. The average molecular weight is 362 g/mol. The van der Waals surface area contributed by atoms with Crippen molar-refractivity contribution < 1.29 is 0 Å². The van der Waals surface area contributed by atoms with Crippen LogP contribution in [-0.4, -0.2) is 55.0 Å². The fraction of sp³-hybridized carbons (Fsp3) is 0.500. The number of hydrogen-bond acceptors (Lipinski definition) is 6. The molecule has 140 valence electrons. The molecule has 1 fully saturated rings. The third kappa shape index (κ3) is 2.14. The molecule has 7 heteroatoms. The second-order valence-corrected chi connectivity index (χ2v) is 8.22. The van der Waals surface area contributed by atoms with Crippen molar-refractivity contribution in [1.29, 1.82) is 0 Å². The van der Waals surface area contributed by atoms with Gasteiger partial charge in [-0.1, -0.05) is 6.82 Å². The van der Waals surface area contributed by atoms with Crippen LogP contribution in [0.1, 0.15) is 20.3 Å². The third-order valence-electron chi connectivity index (χ3n) is 7.09. The van der Waals surface area contributed by atoms with Crippen LogP contribution in [0.25, 0.3) is 0 Å². The van der Waals surface area contributed by atoms with Crippen LogP contribution in [0.3, 0.4) is 0 Å². The monoisotopic (exact) mass is 362 g/mol. The molecule has 0 bridgehead atoms. The summed E-state index contributed by atoms with van der Waals surface area (Å²) in [6, 6.07) is 8.54. The van der Waals surface area contributed by atoms with Crippen molar-refractivity contribution in [3.05, 3.63) is 36.7 Å². The quantitative estimate of drug-likeness (QED) is 0.765. The van der Waals surface area contributed by atoms with Gasteiger partial charge in [0.1, 0.15) is 0 Å². The molecule has 0 radical (unpaired) electrons. The van der Waals surface area contributed by atoms with Crippen LogP contribution in [0.4, 0.5) is 23.0 Å². The lowest BCUT2D eigenvalue weighted by Gasteiger charge is -2.53. The molecule has 3 aliphatic heterocycles. The molecule has 27 heavy (non-hydrogen) atoms. The maximum Gasteiger partial charge on any atom is 0.191 e. The summed E-state index contributed by atoms with van der Waals surface area (Å²) in [6.45, 7) is 7.55. The Hall–Kier alpha value is -2.44. The minimum atomic E-state index is 0.343. The van der Waals surface area contributed by atoms with E-state index in [2.05, 4.69) is 88.6 Å². The van der Waals surface area contributed by atoms with Gasteiger partial charge in [0.2, 0.25) is 0 Å². The summed E-state index contributed by atoms with van der Waals surface area (Å²) >= 11 is 0. The Morgan fingerprint density at radius 1 is 0.852 bits per heavy atom. The molecule has 0 N–H and O–H groups in total. The highest BCUT2D eigenvalue weighted by atomic mass is 15.5. The SMILES string of the molecule is CB1C(N2c3cccnc3N(C)[C@H]2C)CC1N1c2cccnc2N(C)[C@@H]1C. The number of anilines is 4. The van der Waals surface area contributed by atoms with E-state index in [0.29, 0.717) is 30.9 Å². The van der Waals surface area contributed by atoms with Crippen molar-refractivity contribution in [1.82, 2.24) is 9.97 Å². The molecule has 0 saturated carbocycles. The maximum atomic E-state index is 4.61. The van der Waals surface area contributed by atoms with Crippen molar-refractivity contribution in [3.63, 3.8) is 0 Å². The van der Waals surface area contributed by atoms with E-state index in [1.807, 2.05) is 12.4 Å². The lowest BCUT2D eigenvalue weighted by atomic mass is 9.29. The molecule has 2 aromatic rings. The van der Waals surface area contributed by atoms with Gasteiger partial charge in [-0.25, -0.2) is 9.97 Å². The summed E-state index contributed by atoms with van der Waals surface area (Å²) in [5, 5.41) is 0. The standard InChI is InChI=1S/C20H27BN6/c1-13-24(4)19-15(8-6-10-22-19)26(13)17-12-18(21(17)3)27-14(2)25(5)20-16(27)9-7-11-23-20/h6-11,13-14,17-18H,12H2,1-5H3/t13-,14+,17?,18?. The molecule has 2 unspecified atom stereocenters. The smallest absolute Gasteiger partial charge is 0.191 e. The van der Waals surface area contributed by atoms with Gasteiger partial charge in [-0.15, -0.1) is 0 Å². The zero-order valence-corrected chi connectivity index (χ0v) is 16.7. The summed E-state index contributed by atoms with van der Waals surface area (Å²) in [4.78, 5) is 19.0. The second kappa shape index (κ2) is 5.78. The first-order chi connectivity index (χ1) is 13.0. The molecular weight excluding hydrogens is 335 g/mol. The molecule has 5 rings (SSSR count). The predicted octanol–water partition coefficient (Wildman–Crippen LogP) is 2.73. The number of aromatic nitrogens is 2. The van der Waals surface area contributed by atoms with E-state index in [4.69, 9.17) is 0 Å². The summed E-state index contributed by atoms with van der Waals surface area (Å²) < 4.78 is 0. The van der Waals surface area contributed by atoms with E-state index in [0.717, 1.165) is 11.6 Å². The van der Waals surface area contributed by atoms with E-state index < -0.39 is 0 Å². The molecule has 4 atom stereocenters. The van der Waals surface area contributed by atoms with Crippen molar-refractivity contribution in [2.24, 2.45) is 0 Å². The zero-order chi connectivity index (χ0) is 18.9. The lowest BCUT2D eigenvalue weighted by molar-refractivity contribution is 0.488. The normalized spacial score (nSPS) is 29.1. The molecule has 5 heterocycles. The molecule has 6 nitrogen and oxygen atoms in total. The Morgan fingerprint density at radius 3 is 1.70 bits per heavy atom. The van der Waals surface area contributed by atoms with Crippen LogP contribution in [0.5, 0.6) is 0 Å². The Bertz CT molecular complexity index is 806. The van der Waals surface area contributed by atoms with E-state index >= 15 is 0 Å².